The van der Waals surface area contributed by atoms with Crippen molar-refractivity contribution in [3.8, 4) is 45.3 Å². The second-order valence-electron chi connectivity index (χ2n) is 9.96. The van der Waals surface area contributed by atoms with Gasteiger partial charge in [0.2, 0.25) is 0 Å². The molecule has 0 aliphatic heterocycles. The number of para-hydroxylation sites is 2. The van der Waals surface area contributed by atoms with E-state index in [0.29, 0.717) is 32.6 Å². The van der Waals surface area contributed by atoms with Gasteiger partial charge >= 0.3 is 0 Å². The van der Waals surface area contributed by atoms with Crippen molar-refractivity contribution in [2.45, 2.75) is 0 Å². The van der Waals surface area contributed by atoms with Crippen molar-refractivity contribution in [2.75, 3.05) is 0 Å². The highest BCUT2D eigenvalue weighted by atomic mass is 32.1. The minimum Gasteiger partial charge on any atom is -0.455 e. The zero-order valence-electron chi connectivity index (χ0n) is 33.6. The Balaban J connectivity index is 1.36. The maximum Gasteiger partial charge on any atom is 0.164 e. The molecule has 44 heavy (non-hydrogen) atoms. The number of rotatable bonds is 4. The lowest BCUT2D eigenvalue weighted by atomic mass is 10.00. The second kappa shape index (κ2) is 9.97. The minimum absolute atomic E-state index is 0.0431. The van der Waals surface area contributed by atoms with Gasteiger partial charge in [-0.2, -0.15) is 0 Å². The van der Waals surface area contributed by atoms with Gasteiger partial charge in [-0.25, -0.2) is 15.0 Å². The summed E-state index contributed by atoms with van der Waals surface area (Å²) in [6.45, 7) is 0. The third-order valence-electron chi connectivity index (χ3n) is 7.35. The monoisotopic (exact) mass is 592 g/mol. The lowest BCUT2D eigenvalue weighted by Crippen LogP contribution is -1.99. The molecule has 0 fully saturated rings. The Hall–Kier alpha value is -5.65. The molecular weight excluding hydrogens is 559 g/mol. The summed E-state index contributed by atoms with van der Waals surface area (Å²) >= 11 is 1.05. The molecule has 9 aromatic rings. The average Bonchev–Trinajstić information content (AvgIpc) is 3.78. The summed E-state index contributed by atoms with van der Waals surface area (Å²) in [4.78, 5) is 13.6. The van der Waals surface area contributed by atoms with E-state index in [-0.39, 0.29) is 74.3 Å². The van der Waals surface area contributed by atoms with Crippen LogP contribution in [0.5, 0.6) is 0 Å². The number of thiophene rings is 1. The molecule has 0 unspecified atom stereocenters. The van der Waals surface area contributed by atoms with Gasteiger partial charge < -0.3 is 4.42 Å². The third kappa shape index (κ3) is 4.02. The summed E-state index contributed by atoms with van der Waals surface area (Å²) < 4.78 is 104. The Morgan fingerprint density at radius 3 is 2.14 bits per heavy atom. The molecular formula is C39H23N3OS. The van der Waals surface area contributed by atoms with Crippen LogP contribution in [0.3, 0.4) is 0 Å². The van der Waals surface area contributed by atoms with Crippen LogP contribution in [-0.2, 0) is 0 Å². The lowest BCUT2D eigenvalue weighted by Gasteiger charge is -2.08. The first-order valence-electron chi connectivity index (χ1n) is 19.1. The van der Waals surface area contributed by atoms with Gasteiger partial charge in [0.1, 0.15) is 11.2 Å². The molecule has 0 spiro atoms. The second-order valence-corrected chi connectivity index (χ2v) is 11.0. The van der Waals surface area contributed by atoms with Crippen LogP contribution in [0.2, 0.25) is 0 Å². The average molecular weight is 593 g/mol. The Kier molecular flexibility index (Phi) is 3.69. The van der Waals surface area contributed by atoms with E-state index in [4.69, 9.17) is 15.4 Å². The maximum atomic E-state index is 9.51. The first-order chi connectivity index (χ1) is 26.4. The van der Waals surface area contributed by atoms with Crippen molar-refractivity contribution in [1.82, 2.24) is 15.0 Å². The first kappa shape index (κ1) is 16.3. The number of hydrogen-bond donors (Lipinski definition) is 0. The van der Waals surface area contributed by atoms with Crippen molar-refractivity contribution >= 4 is 53.4 Å². The van der Waals surface area contributed by atoms with Crippen molar-refractivity contribution in [3.05, 3.63) is 139 Å². The molecule has 0 aliphatic rings. The minimum atomic E-state index is -0.594. The van der Waals surface area contributed by atoms with E-state index < -0.39 is 36.3 Å². The van der Waals surface area contributed by atoms with E-state index in [1.807, 2.05) is 36.4 Å². The van der Waals surface area contributed by atoms with E-state index in [0.717, 1.165) is 22.1 Å². The van der Waals surface area contributed by atoms with Crippen molar-refractivity contribution in [1.29, 1.82) is 0 Å². The lowest BCUT2D eigenvalue weighted by molar-refractivity contribution is 0.670. The first-order valence-corrected chi connectivity index (χ1v) is 14.5. The Bertz CT molecular complexity index is 3100. The maximum absolute atomic E-state index is 9.51. The molecule has 206 valence electrons. The summed E-state index contributed by atoms with van der Waals surface area (Å²) in [5.41, 5.74) is 1.92. The number of benzene rings is 6. The fourth-order valence-electron chi connectivity index (χ4n) is 5.34. The SMILES string of the molecule is [2H]c1c([2H])c([2H])c(-c2nc(-c3ccccc3)nc(-c3c([2H])c([2H])c4c(sc5c(-c6cccc7c6oc6ccccc67)c([2H])c([2H])c([2H])c54)c3[2H])n2)c([2H])c1[2H]. The van der Waals surface area contributed by atoms with Crippen LogP contribution < -0.4 is 0 Å². The van der Waals surface area contributed by atoms with Gasteiger partial charge in [0.15, 0.2) is 17.5 Å². The summed E-state index contributed by atoms with van der Waals surface area (Å²) in [7, 11) is 0. The van der Waals surface area contributed by atoms with E-state index in [1.165, 1.54) is 0 Å². The molecule has 0 amide bonds. The number of fused-ring (bicyclic) bond motifs is 6. The molecule has 0 atom stereocenters. The van der Waals surface area contributed by atoms with E-state index >= 15 is 0 Å². The molecule has 6 aromatic carbocycles. The zero-order chi connectivity index (χ0) is 38.6. The standard InChI is InChI=1S/C39H23N3OS/c1-3-11-24(12-4-1)37-40-38(25-13-5-2-6-14-25)42-39(41-37)26-21-22-28-31-18-10-19-32(36(31)44-34(28)23-26)30-17-9-16-29-27-15-7-8-20-33(27)43-35(29)30/h1-23H/i1D,3D,4D,10D,11D,12D,18D,19D,21D,22D,23D. The molecule has 0 aliphatic carbocycles. The molecule has 0 N–H and O–H groups in total. The number of nitrogens with zero attached hydrogens (tertiary/aromatic N) is 3. The molecule has 0 radical (unpaired) electrons. The van der Waals surface area contributed by atoms with Gasteiger partial charge in [-0.1, -0.05) is 127 Å². The zero-order valence-corrected chi connectivity index (χ0v) is 23.4. The number of furan rings is 1. The fourth-order valence-corrected chi connectivity index (χ4v) is 6.47. The Morgan fingerprint density at radius 1 is 0.523 bits per heavy atom. The molecule has 3 aromatic heterocycles. The quantitative estimate of drug-likeness (QED) is 0.204. The fraction of sp³-hybridized carbons (Fsp3) is 0. The van der Waals surface area contributed by atoms with Crippen molar-refractivity contribution < 1.29 is 19.5 Å². The molecule has 3 heterocycles. The molecule has 4 nitrogen and oxygen atoms in total. The normalized spacial score (nSPS) is 15.1. The summed E-state index contributed by atoms with van der Waals surface area (Å²) in [6.07, 6.45) is 0. The molecule has 0 saturated heterocycles. The van der Waals surface area contributed by atoms with Gasteiger partial charge in [-0.05, 0) is 12.1 Å². The van der Waals surface area contributed by atoms with Gasteiger partial charge in [0.05, 0.1) is 15.1 Å². The van der Waals surface area contributed by atoms with E-state index in [1.54, 1.807) is 36.4 Å². The summed E-state index contributed by atoms with van der Waals surface area (Å²) in [5, 5.41) is 1.91. The third-order valence-corrected chi connectivity index (χ3v) is 8.47. The van der Waals surface area contributed by atoms with Gasteiger partial charge in [0.25, 0.3) is 0 Å². The highest BCUT2D eigenvalue weighted by Crippen LogP contribution is 2.44. The molecule has 0 saturated carbocycles. The highest BCUT2D eigenvalue weighted by Gasteiger charge is 2.18. The predicted octanol–water partition coefficient (Wildman–Crippen LogP) is 10.8. The summed E-state index contributed by atoms with van der Waals surface area (Å²) in [6, 6.07) is 16.8. The van der Waals surface area contributed by atoms with Crippen LogP contribution in [-0.4, -0.2) is 15.0 Å². The summed E-state index contributed by atoms with van der Waals surface area (Å²) in [5.74, 6) is -0.476. The van der Waals surface area contributed by atoms with Crippen LogP contribution in [0.1, 0.15) is 15.1 Å². The van der Waals surface area contributed by atoms with Gasteiger partial charge in [-0.15, -0.1) is 11.3 Å². The van der Waals surface area contributed by atoms with Crippen LogP contribution in [0.25, 0.3) is 87.4 Å². The Morgan fingerprint density at radius 2 is 1.27 bits per heavy atom. The molecule has 9 rings (SSSR count). The topological polar surface area (TPSA) is 51.8 Å². The van der Waals surface area contributed by atoms with Crippen molar-refractivity contribution in [2.24, 2.45) is 0 Å². The smallest absolute Gasteiger partial charge is 0.164 e. The molecule has 5 heteroatoms. The number of hydrogen-bond acceptors (Lipinski definition) is 5. The Labute approximate surface area is 272 Å². The highest BCUT2D eigenvalue weighted by molar-refractivity contribution is 7.26. The van der Waals surface area contributed by atoms with E-state index in [2.05, 4.69) is 15.0 Å². The van der Waals surface area contributed by atoms with Crippen LogP contribution >= 0.6 is 11.3 Å². The molecule has 0 bridgehead atoms. The predicted molar refractivity (Wildman–Crippen MR) is 182 cm³/mol. The van der Waals surface area contributed by atoms with Gasteiger partial charge in [0, 0.05) is 58.8 Å². The van der Waals surface area contributed by atoms with Crippen LogP contribution in [0, 0.1) is 0 Å². The van der Waals surface area contributed by atoms with Gasteiger partial charge in [-0.3, -0.25) is 0 Å². The van der Waals surface area contributed by atoms with Crippen molar-refractivity contribution in [3.63, 3.8) is 0 Å². The largest absolute Gasteiger partial charge is 0.455 e. The van der Waals surface area contributed by atoms with E-state index in [9.17, 15) is 4.11 Å². The number of aromatic nitrogens is 3. The van der Waals surface area contributed by atoms with Crippen LogP contribution in [0.15, 0.2) is 144 Å². The van der Waals surface area contributed by atoms with Crippen LogP contribution in [0.4, 0.5) is 0 Å².